The highest BCUT2D eigenvalue weighted by Gasteiger charge is 2.23. The van der Waals surface area contributed by atoms with Gasteiger partial charge in [-0.25, -0.2) is 0 Å². The van der Waals surface area contributed by atoms with Crippen LogP contribution in [-0.4, -0.2) is 61.4 Å². The Labute approximate surface area is 171 Å². The average Bonchev–Trinajstić information content (AvgIpc) is 3.38. The number of piperazine rings is 1. The number of aromatic nitrogens is 4. The van der Waals surface area contributed by atoms with Crippen molar-refractivity contribution >= 4 is 5.91 Å². The molecule has 4 rings (SSSR count). The number of rotatable bonds is 6. The second-order valence-corrected chi connectivity index (χ2v) is 7.57. The first-order valence-electron chi connectivity index (χ1n) is 10.2. The summed E-state index contributed by atoms with van der Waals surface area (Å²) in [4.78, 5) is 17.4. The fourth-order valence-corrected chi connectivity index (χ4v) is 3.79. The second-order valence-electron chi connectivity index (χ2n) is 7.57. The van der Waals surface area contributed by atoms with E-state index in [1.54, 1.807) is 6.20 Å². The predicted molar refractivity (Wildman–Crippen MR) is 112 cm³/mol. The molecule has 3 aromatic rings. The molecule has 0 radical (unpaired) electrons. The molecule has 0 unspecified atom stereocenters. The third-order valence-electron chi connectivity index (χ3n) is 5.50. The van der Waals surface area contributed by atoms with E-state index in [4.69, 9.17) is 0 Å². The Kier molecular flexibility index (Phi) is 5.76. The van der Waals surface area contributed by atoms with Crippen molar-refractivity contribution in [2.75, 3.05) is 26.2 Å². The van der Waals surface area contributed by atoms with Gasteiger partial charge in [-0.05, 0) is 37.6 Å². The molecule has 1 aliphatic rings. The zero-order chi connectivity index (χ0) is 20.2. The van der Waals surface area contributed by atoms with Gasteiger partial charge < -0.3 is 4.90 Å². The van der Waals surface area contributed by atoms with Crippen LogP contribution >= 0.6 is 0 Å². The van der Waals surface area contributed by atoms with Gasteiger partial charge in [-0.3, -0.25) is 19.1 Å². The summed E-state index contributed by atoms with van der Waals surface area (Å²) in [5.74, 6) is 0.113. The topological polar surface area (TPSA) is 59.2 Å². The van der Waals surface area contributed by atoms with E-state index in [9.17, 15) is 4.79 Å². The lowest BCUT2D eigenvalue weighted by Crippen LogP contribution is -2.48. The van der Waals surface area contributed by atoms with Gasteiger partial charge in [0.25, 0.3) is 5.91 Å². The molecule has 0 saturated carbocycles. The van der Waals surface area contributed by atoms with Crippen LogP contribution in [0.25, 0.3) is 0 Å². The Bertz CT molecular complexity index is 954. The number of carbonyl (C=O) groups is 1. The first kappa shape index (κ1) is 19.4. The molecule has 1 aliphatic heterocycles. The lowest BCUT2D eigenvalue weighted by molar-refractivity contribution is 0.0628. The van der Waals surface area contributed by atoms with Gasteiger partial charge in [0.1, 0.15) is 0 Å². The number of aryl methyl sites for hydroxylation is 2. The lowest BCUT2D eigenvalue weighted by atomic mass is 10.1. The van der Waals surface area contributed by atoms with Gasteiger partial charge in [0.05, 0.1) is 12.2 Å². The first-order valence-corrected chi connectivity index (χ1v) is 10.2. The van der Waals surface area contributed by atoms with Crippen molar-refractivity contribution in [1.82, 2.24) is 29.4 Å². The zero-order valence-corrected chi connectivity index (χ0v) is 17.2. The Hall–Kier alpha value is -2.93. The number of amides is 1. The molecule has 3 heterocycles. The van der Waals surface area contributed by atoms with E-state index in [0.29, 0.717) is 6.54 Å². The van der Waals surface area contributed by atoms with Crippen LogP contribution in [0.3, 0.4) is 0 Å². The SMILES string of the molecule is CCn1cc(CN2CCN(C(=O)c3cccc(Cn4cccn4)c3)CC2)c(C)n1. The van der Waals surface area contributed by atoms with E-state index >= 15 is 0 Å². The molecule has 1 amide bonds. The molecule has 1 aromatic carbocycles. The molecule has 0 aliphatic carbocycles. The van der Waals surface area contributed by atoms with Gasteiger partial charge in [0.2, 0.25) is 0 Å². The summed E-state index contributed by atoms with van der Waals surface area (Å²) in [5, 5.41) is 8.77. The summed E-state index contributed by atoms with van der Waals surface area (Å²) < 4.78 is 3.85. The van der Waals surface area contributed by atoms with Gasteiger partial charge in [0, 0.05) is 69.0 Å². The van der Waals surface area contributed by atoms with Crippen LogP contribution < -0.4 is 0 Å². The van der Waals surface area contributed by atoms with Crippen LogP contribution in [0.15, 0.2) is 48.9 Å². The Morgan fingerprint density at radius 1 is 1.07 bits per heavy atom. The molecule has 0 atom stereocenters. The van der Waals surface area contributed by atoms with Crippen molar-refractivity contribution in [3.63, 3.8) is 0 Å². The number of nitrogens with zero attached hydrogens (tertiary/aromatic N) is 6. The lowest BCUT2D eigenvalue weighted by Gasteiger charge is -2.34. The van der Waals surface area contributed by atoms with Crippen molar-refractivity contribution in [2.24, 2.45) is 0 Å². The Morgan fingerprint density at radius 2 is 1.90 bits per heavy atom. The standard InChI is InChI=1S/C22H28N6O/c1-3-27-17-21(18(2)24-27)16-25-10-12-26(13-11-25)22(29)20-7-4-6-19(14-20)15-28-9-5-8-23-28/h4-9,14,17H,3,10-13,15-16H2,1-2H3. The van der Waals surface area contributed by atoms with E-state index in [1.165, 1.54) is 5.56 Å². The van der Waals surface area contributed by atoms with Gasteiger partial charge in [0.15, 0.2) is 0 Å². The van der Waals surface area contributed by atoms with Crippen molar-refractivity contribution in [3.05, 3.63) is 71.3 Å². The fraction of sp³-hybridized carbons (Fsp3) is 0.409. The minimum atomic E-state index is 0.113. The second kappa shape index (κ2) is 8.61. The molecule has 2 aromatic heterocycles. The van der Waals surface area contributed by atoms with Gasteiger partial charge >= 0.3 is 0 Å². The van der Waals surface area contributed by atoms with Crippen LogP contribution in [0.2, 0.25) is 0 Å². The van der Waals surface area contributed by atoms with Crippen LogP contribution in [0.5, 0.6) is 0 Å². The summed E-state index contributed by atoms with van der Waals surface area (Å²) in [6.45, 7) is 9.90. The van der Waals surface area contributed by atoms with Gasteiger partial charge in [-0.1, -0.05) is 12.1 Å². The fourth-order valence-electron chi connectivity index (χ4n) is 3.79. The minimum absolute atomic E-state index is 0.113. The third kappa shape index (κ3) is 4.56. The van der Waals surface area contributed by atoms with E-state index in [2.05, 4.69) is 35.1 Å². The summed E-state index contributed by atoms with van der Waals surface area (Å²) in [7, 11) is 0. The average molecular weight is 393 g/mol. The smallest absolute Gasteiger partial charge is 0.253 e. The molecule has 152 valence electrons. The highest BCUT2D eigenvalue weighted by Crippen LogP contribution is 2.15. The van der Waals surface area contributed by atoms with Crippen molar-refractivity contribution in [1.29, 1.82) is 0 Å². The first-order chi connectivity index (χ1) is 14.1. The molecule has 0 bridgehead atoms. The quantitative estimate of drug-likeness (QED) is 0.646. The van der Waals surface area contributed by atoms with Gasteiger partial charge in [-0.2, -0.15) is 10.2 Å². The van der Waals surface area contributed by atoms with Crippen molar-refractivity contribution < 1.29 is 4.79 Å². The summed E-state index contributed by atoms with van der Waals surface area (Å²) in [5.41, 5.74) is 4.21. The Balaban J connectivity index is 1.34. The minimum Gasteiger partial charge on any atom is -0.336 e. The monoisotopic (exact) mass is 392 g/mol. The largest absolute Gasteiger partial charge is 0.336 e. The molecule has 29 heavy (non-hydrogen) atoms. The molecule has 0 spiro atoms. The van der Waals surface area contributed by atoms with Crippen LogP contribution in [0.1, 0.15) is 34.1 Å². The maximum atomic E-state index is 13.0. The summed E-state index contributed by atoms with van der Waals surface area (Å²) in [6.07, 6.45) is 5.83. The predicted octanol–water partition coefficient (Wildman–Crippen LogP) is 2.41. The maximum Gasteiger partial charge on any atom is 0.253 e. The van der Waals surface area contributed by atoms with E-state index in [1.807, 2.05) is 50.8 Å². The Morgan fingerprint density at radius 3 is 2.59 bits per heavy atom. The van der Waals surface area contributed by atoms with Crippen LogP contribution in [0.4, 0.5) is 0 Å². The molecule has 0 N–H and O–H groups in total. The molecule has 7 heteroatoms. The third-order valence-corrected chi connectivity index (χ3v) is 5.50. The molecular weight excluding hydrogens is 364 g/mol. The van der Waals surface area contributed by atoms with E-state index < -0.39 is 0 Å². The molecular formula is C22H28N6O. The number of hydrogen-bond donors (Lipinski definition) is 0. The molecule has 7 nitrogen and oxygen atoms in total. The normalized spacial score (nSPS) is 15.0. The maximum absolute atomic E-state index is 13.0. The van der Waals surface area contributed by atoms with E-state index in [0.717, 1.165) is 56.1 Å². The number of hydrogen-bond acceptors (Lipinski definition) is 4. The van der Waals surface area contributed by atoms with Crippen LogP contribution in [-0.2, 0) is 19.6 Å². The van der Waals surface area contributed by atoms with Crippen molar-refractivity contribution in [3.8, 4) is 0 Å². The number of benzene rings is 1. The van der Waals surface area contributed by atoms with Crippen LogP contribution in [0, 0.1) is 6.92 Å². The highest BCUT2D eigenvalue weighted by molar-refractivity contribution is 5.94. The zero-order valence-electron chi connectivity index (χ0n) is 17.2. The molecule has 1 saturated heterocycles. The van der Waals surface area contributed by atoms with Crippen molar-refractivity contribution in [2.45, 2.75) is 33.5 Å². The number of carbonyl (C=O) groups excluding carboxylic acids is 1. The van der Waals surface area contributed by atoms with Gasteiger partial charge in [-0.15, -0.1) is 0 Å². The molecule has 1 fully saturated rings. The van der Waals surface area contributed by atoms with E-state index in [-0.39, 0.29) is 5.91 Å². The summed E-state index contributed by atoms with van der Waals surface area (Å²) in [6, 6.07) is 9.79. The highest BCUT2D eigenvalue weighted by atomic mass is 16.2. The summed E-state index contributed by atoms with van der Waals surface area (Å²) >= 11 is 0.